The molecule has 7 nitrogen and oxygen atoms in total. The van der Waals surface area contributed by atoms with E-state index in [1.807, 2.05) is 34.9 Å². The normalized spacial score (nSPS) is 17.8. The second kappa shape index (κ2) is 10.3. The molecule has 4 aromatic rings. The van der Waals surface area contributed by atoms with E-state index < -0.39 is 29.9 Å². The van der Waals surface area contributed by atoms with Gasteiger partial charge >= 0.3 is 12.1 Å². The van der Waals surface area contributed by atoms with E-state index >= 15 is 0 Å². The van der Waals surface area contributed by atoms with E-state index in [4.69, 9.17) is 15.5 Å². The van der Waals surface area contributed by atoms with Crippen molar-refractivity contribution >= 4 is 11.8 Å². The minimum absolute atomic E-state index is 0.0556. The topological polar surface area (TPSA) is 103 Å². The summed E-state index contributed by atoms with van der Waals surface area (Å²) in [6.07, 6.45) is -3.78. The first-order chi connectivity index (χ1) is 18.2. The van der Waals surface area contributed by atoms with Gasteiger partial charge in [0.1, 0.15) is 17.7 Å². The van der Waals surface area contributed by atoms with Gasteiger partial charge in [-0.1, -0.05) is 42.5 Å². The van der Waals surface area contributed by atoms with Gasteiger partial charge in [-0.25, -0.2) is 9.97 Å². The number of aliphatic hydroxyl groups excluding tert-OH is 1. The van der Waals surface area contributed by atoms with Crippen molar-refractivity contribution in [3.8, 4) is 33.9 Å². The summed E-state index contributed by atoms with van der Waals surface area (Å²) < 4.78 is 48.3. The SMILES string of the molecule is Nc1cc(-c2nc(-c3ccccc3)n(CCC3CC(O)CC(=O)O3)c2-c2cccc(C(F)(F)F)c2)ccn1. The molecule has 0 aliphatic carbocycles. The molecule has 0 bridgehead atoms. The zero-order valence-electron chi connectivity index (χ0n) is 20.2. The van der Waals surface area contributed by atoms with Gasteiger partial charge in [0.2, 0.25) is 0 Å². The highest BCUT2D eigenvalue weighted by Crippen LogP contribution is 2.39. The predicted octanol–water partition coefficient (Wildman–Crippen LogP) is 5.34. The first-order valence-electron chi connectivity index (χ1n) is 12.1. The third-order valence-electron chi connectivity index (χ3n) is 6.43. The Balaban J connectivity index is 1.69. The number of pyridine rings is 1. The molecular weight excluding hydrogens is 497 g/mol. The molecule has 2 aromatic carbocycles. The number of alkyl halides is 3. The molecule has 38 heavy (non-hydrogen) atoms. The van der Waals surface area contributed by atoms with Gasteiger partial charge < -0.3 is 20.1 Å². The van der Waals surface area contributed by atoms with Crippen LogP contribution in [0.2, 0.25) is 0 Å². The number of nitrogens with two attached hydrogens (primary N) is 1. The van der Waals surface area contributed by atoms with Gasteiger partial charge in [-0.15, -0.1) is 0 Å². The van der Waals surface area contributed by atoms with Crippen LogP contribution in [0.1, 0.15) is 24.8 Å². The van der Waals surface area contributed by atoms with Crippen LogP contribution in [-0.2, 0) is 22.3 Å². The quantitative estimate of drug-likeness (QED) is 0.332. The van der Waals surface area contributed by atoms with Crippen LogP contribution in [0.4, 0.5) is 19.0 Å². The van der Waals surface area contributed by atoms with Gasteiger partial charge in [-0.05, 0) is 24.3 Å². The second-order valence-electron chi connectivity index (χ2n) is 9.19. The van der Waals surface area contributed by atoms with E-state index in [1.54, 1.807) is 18.2 Å². The van der Waals surface area contributed by atoms with E-state index in [9.17, 15) is 23.1 Å². The summed E-state index contributed by atoms with van der Waals surface area (Å²) in [4.78, 5) is 20.8. The number of carbonyl (C=O) groups excluding carboxylic acids is 1. The number of halogens is 3. The summed E-state index contributed by atoms with van der Waals surface area (Å²) in [5.41, 5.74) is 7.73. The van der Waals surface area contributed by atoms with Crippen LogP contribution in [0, 0.1) is 0 Å². The first-order valence-corrected chi connectivity index (χ1v) is 12.1. The van der Waals surface area contributed by atoms with E-state index in [-0.39, 0.29) is 25.2 Å². The highest BCUT2D eigenvalue weighted by atomic mass is 19.4. The largest absolute Gasteiger partial charge is 0.462 e. The number of benzene rings is 2. The highest BCUT2D eigenvalue weighted by molar-refractivity contribution is 5.83. The lowest BCUT2D eigenvalue weighted by molar-refractivity contribution is -0.160. The number of cyclic esters (lactones) is 1. The third kappa shape index (κ3) is 5.40. The minimum Gasteiger partial charge on any atom is -0.462 e. The Morgan fingerprint density at radius 1 is 1.03 bits per heavy atom. The van der Waals surface area contributed by atoms with Crippen molar-refractivity contribution in [1.82, 2.24) is 14.5 Å². The summed E-state index contributed by atoms with van der Waals surface area (Å²) in [6, 6.07) is 17.7. The lowest BCUT2D eigenvalue weighted by Gasteiger charge is -2.26. The van der Waals surface area contributed by atoms with Crippen LogP contribution in [-0.4, -0.2) is 37.8 Å². The standard InChI is InChI=1S/C28H25F3N4O3/c29-28(30,31)20-8-4-7-19(13-20)26-25(18-9-11-33-23(32)14-18)34-27(17-5-2-1-3-6-17)35(26)12-10-22-15-21(36)16-24(37)38-22/h1-9,11,13-14,21-22,36H,10,12,15-16H2,(H2,32,33). The Bertz CT molecular complexity index is 1450. The zero-order valence-corrected chi connectivity index (χ0v) is 20.2. The van der Waals surface area contributed by atoms with Crippen molar-refractivity contribution in [1.29, 1.82) is 0 Å². The van der Waals surface area contributed by atoms with Crippen LogP contribution >= 0.6 is 0 Å². The number of esters is 1. The minimum atomic E-state index is -4.53. The van der Waals surface area contributed by atoms with Gasteiger partial charge in [0, 0.05) is 42.3 Å². The number of imidazole rings is 1. The molecule has 1 saturated heterocycles. The Kier molecular flexibility index (Phi) is 6.90. The van der Waals surface area contributed by atoms with Crippen LogP contribution in [0.15, 0.2) is 72.9 Å². The van der Waals surface area contributed by atoms with Crippen molar-refractivity contribution in [2.45, 2.75) is 44.2 Å². The number of rotatable bonds is 6. The van der Waals surface area contributed by atoms with Crippen LogP contribution in [0.25, 0.3) is 33.9 Å². The molecule has 1 fully saturated rings. The molecule has 1 aliphatic rings. The summed E-state index contributed by atoms with van der Waals surface area (Å²) in [6.45, 7) is 0.272. The number of aliphatic hydroxyl groups is 1. The maximum atomic E-state index is 13.7. The average molecular weight is 523 g/mol. The molecule has 0 radical (unpaired) electrons. The van der Waals surface area contributed by atoms with Crippen LogP contribution in [0.3, 0.4) is 0 Å². The Hall–Kier alpha value is -4.18. The summed E-state index contributed by atoms with van der Waals surface area (Å²) in [5, 5.41) is 10.1. The molecule has 0 spiro atoms. The number of nitrogen functional groups attached to an aromatic ring is 1. The van der Waals surface area contributed by atoms with Crippen LogP contribution in [0.5, 0.6) is 0 Å². The van der Waals surface area contributed by atoms with Crippen LogP contribution < -0.4 is 5.73 Å². The fraction of sp³-hybridized carbons (Fsp3) is 0.250. The molecule has 5 rings (SSSR count). The van der Waals surface area contributed by atoms with Crippen molar-refractivity contribution < 1.29 is 27.8 Å². The summed E-state index contributed by atoms with van der Waals surface area (Å²) >= 11 is 0. The smallest absolute Gasteiger partial charge is 0.416 e. The molecule has 2 unspecified atom stereocenters. The number of aromatic nitrogens is 3. The van der Waals surface area contributed by atoms with Crippen molar-refractivity contribution in [3.63, 3.8) is 0 Å². The lowest BCUT2D eigenvalue weighted by Crippen LogP contribution is -2.33. The molecule has 0 saturated carbocycles. The van der Waals surface area contributed by atoms with E-state index in [0.717, 1.165) is 17.7 Å². The van der Waals surface area contributed by atoms with Crippen molar-refractivity contribution in [3.05, 3.63) is 78.5 Å². The monoisotopic (exact) mass is 522 g/mol. The number of carbonyl (C=O) groups is 1. The van der Waals surface area contributed by atoms with E-state index in [0.29, 0.717) is 34.8 Å². The maximum absolute atomic E-state index is 13.7. The fourth-order valence-corrected chi connectivity index (χ4v) is 4.72. The van der Waals surface area contributed by atoms with E-state index in [2.05, 4.69) is 4.98 Å². The molecule has 196 valence electrons. The second-order valence-corrected chi connectivity index (χ2v) is 9.19. The van der Waals surface area contributed by atoms with E-state index in [1.165, 1.54) is 12.3 Å². The number of hydrogen-bond donors (Lipinski definition) is 2. The highest BCUT2D eigenvalue weighted by Gasteiger charge is 2.32. The number of nitrogens with zero attached hydrogens (tertiary/aromatic N) is 3. The summed E-state index contributed by atoms with van der Waals surface area (Å²) in [7, 11) is 0. The van der Waals surface area contributed by atoms with Gasteiger partial charge in [0.15, 0.2) is 0 Å². The Morgan fingerprint density at radius 3 is 2.50 bits per heavy atom. The molecular formula is C28H25F3N4O3. The fourth-order valence-electron chi connectivity index (χ4n) is 4.72. The maximum Gasteiger partial charge on any atom is 0.416 e. The molecule has 10 heteroatoms. The van der Waals surface area contributed by atoms with Crippen molar-refractivity contribution in [2.24, 2.45) is 0 Å². The van der Waals surface area contributed by atoms with Crippen molar-refractivity contribution in [2.75, 3.05) is 5.73 Å². The number of hydrogen-bond acceptors (Lipinski definition) is 6. The number of ether oxygens (including phenoxy) is 1. The molecule has 0 amide bonds. The van der Waals surface area contributed by atoms with Gasteiger partial charge in [0.25, 0.3) is 0 Å². The summed E-state index contributed by atoms with van der Waals surface area (Å²) in [5.74, 6) is 0.302. The molecule has 2 aromatic heterocycles. The molecule has 3 heterocycles. The average Bonchev–Trinajstić information content (AvgIpc) is 3.27. The van der Waals surface area contributed by atoms with Gasteiger partial charge in [0.05, 0.1) is 29.5 Å². The molecule has 1 aliphatic heterocycles. The lowest BCUT2D eigenvalue weighted by atomic mass is 10.0. The zero-order chi connectivity index (χ0) is 26.9. The van der Waals surface area contributed by atoms with Gasteiger partial charge in [-0.3, -0.25) is 4.79 Å². The predicted molar refractivity (Wildman–Crippen MR) is 135 cm³/mol. The first kappa shape index (κ1) is 25.5. The van der Waals surface area contributed by atoms with Gasteiger partial charge in [-0.2, -0.15) is 13.2 Å². The Labute approximate surface area is 216 Å². The molecule has 3 N–H and O–H groups in total. The Morgan fingerprint density at radius 2 is 1.79 bits per heavy atom. The third-order valence-corrected chi connectivity index (χ3v) is 6.43. The molecule has 2 atom stereocenters. The number of anilines is 1.